The van der Waals surface area contributed by atoms with Crippen LogP contribution in [0.4, 0.5) is 8.78 Å². The third-order valence-electron chi connectivity index (χ3n) is 2.64. The van der Waals surface area contributed by atoms with Crippen molar-refractivity contribution in [2.24, 2.45) is 0 Å². The van der Waals surface area contributed by atoms with E-state index in [2.05, 4.69) is 15.9 Å². The Morgan fingerprint density at radius 2 is 1.74 bits per heavy atom. The second-order valence-corrected chi connectivity index (χ2v) is 4.83. The lowest BCUT2D eigenvalue weighted by molar-refractivity contribution is 0.0990. The first-order chi connectivity index (χ1) is 9.00. The number of rotatable bonds is 3. The molecule has 0 aromatic heterocycles. The van der Waals surface area contributed by atoms with Gasteiger partial charge in [-0.05, 0) is 30.3 Å². The zero-order valence-corrected chi connectivity index (χ0v) is 11.2. The van der Waals surface area contributed by atoms with Gasteiger partial charge in [-0.3, -0.25) is 4.79 Å². The van der Waals surface area contributed by atoms with E-state index in [-0.39, 0.29) is 11.3 Å². The lowest BCUT2D eigenvalue weighted by Crippen LogP contribution is -2.09. The van der Waals surface area contributed by atoms with Crippen molar-refractivity contribution in [1.29, 1.82) is 0 Å². The highest BCUT2D eigenvalue weighted by molar-refractivity contribution is 9.09. The Kier molecular flexibility index (Phi) is 3.95. The zero-order valence-electron chi connectivity index (χ0n) is 9.61. The van der Waals surface area contributed by atoms with E-state index in [1.807, 2.05) is 0 Å². The van der Waals surface area contributed by atoms with Crippen molar-refractivity contribution in [3.8, 4) is 5.75 Å². The predicted octanol–water partition coefficient (Wildman–Crippen LogP) is 3.99. The number of carbonyl (C=O) groups excluding carboxylic acids is 1. The summed E-state index contributed by atoms with van der Waals surface area (Å²) in [4.78, 5) is 11.1. The van der Waals surface area contributed by atoms with E-state index < -0.39 is 22.2 Å². The third kappa shape index (κ3) is 2.81. The number of aromatic hydroxyl groups is 1. The summed E-state index contributed by atoms with van der Waals surface area (Å²) in [5.41, 5.74) is 0.237. The topological polar surface area (TPSA) is 37.3 Å². The molecule has 1 N–H and O–H groups in total. The zero-order chi connectivity index (χ0) is 14.0. The van der Waals surface area contributed by atoms with Crippen molar-refractivity contribution >= 4 is 21.7 Å². The van der Waals surface area contributed by atoms with Crippen molar-refractivity contribution in [2.45, 2.75) is 4.83 Å². The number of hydrogen-bond acceptors (Lipinski definition) is 2. The van der Waals surface area contributed by atoms with Gasteiger partial charge in [-0.25, -0.2) is 8.78 Å². The predicted molar refractivity (Wildman–Crippen MR) is 70.5 cm³/mol. The highest BCUT2D eigenvalue weighted by atomic mass is 79.9. The van der Waals surface area contributed by atoms with Crippen LogP contribution >= 0.6 is 15.9 Å². The molecule has 0 amide bonds. The van der Waals surface area contributed by atoms with Gasteiger partial charge >= 0.3 is 0 Å². The quantitative estimate of drug-likeness (QED) is 0.684. The fourth-order valence-corrected chi connectivity index (χ4v) is 2.25. The molecule has 0 saturated carbocycles. The van der Waals surface area contributed by atoms with Crippen LogP contribution < -0.4 is 0 Å². The number of ketones is 1. The average molecular weight is 327 g/mol. The first kappa shape index (κ1) is 13.7. The Balaban J connectivity index is 2.33. The van der Waals surface area contributed by atoms with Gasteiger partial charge in [0, 0.05) is 11.1 Å². The van der Waals surface area contributed by atoms with Gasteiger partial charge in [0.25, 0.3) is 0 Å². The van der Waals surface area contributed by atoms with Gasteiger partial charge in [0.2, 0.25) is 0 Å². The van der Waals surface area contributed by atoms with E-state index in [4.69, 9.17) is 5.11 Å². The first-order valence-corrected chi connectivity index (χ1v) is 6.33. The largest absolute Gasteiger partial charge is 0.508 e. The molecule has 2 rings (SSSR count). The second-order valence-electron chi connectivity index (χ2n) is 3.92. The van der Waals surface area contributed by atoms with Crippen LogP contribution in [0.15, 0.2) is 42.5 Å². The molecule has 0 spiro atoms. The van der Waals surface area contributed by atoms with Gasteiger partial charge in [-0.2, -0.15) is 0 Å². The number of halogens is 3. The first-order valence-electron chi connectivity index (χ1n) is 5.42. The average Bonchev–Trinajstić information content (AvgIpc) is 2.41. The van der Waals surface area contributed by atoms with Gasteiger partial charge in [-0.1, -0.05) is 28.1 Å². The summed E-state index contributed by atoms with van der Waals surface area (Å²) >= 11 is 3.07. The summed E-state index contributed by atoms with van der Waals surface area (Å²) in [6.07, 6.45) is 0. The van der Waals surface area contributed by atoms with Gasteiger partial charge in [-0.15, -0.1) is 0 Å². The van der Waals surface area contributed by atoms with Crippen LogP contribution in [0, 0.1) is 11.6 Å². The molecule has 5 heteroatoms. The Bertz CT molecular complexity index is 611. The molecule has 0 radical (unpaired) electrons. The number of alkyl halides is 1. The Morgan fingerprint density at radius 1 is 1.11 bits per heavy atom. The van der Waals surface area contributed by atoms with E-state index in [0.29, 0.717) is 5.56 Å². The molecule has 0 aliphatic heterocycles. The fraction of sp³-hybridized carbons (Fsp3) is 0.0714. The van der Waals surface area contributed by atoms with Crippen LogP contribution in [0.3, 0.4) is 0 Å². The van der Waals surface area contributed by atoms with Gasteiger partial charge in [0.15, 0.2) is 17.4 Å². The van der Waals surface area contributed by atoms with Crippen LogP contribution in [0.5, 0.6) is 5.75 Å². The monoisotopic (exact) mass is 326 g/mol. The summed E-state index contributed by atoms with van der Waals surface area (Å²) < 4.78 is 26.7. The summed E-state index contributed by atoms with van der Waals surface area (Å²) in [7, 11) is 0. The van der Waals surface area contributed by atoms with E-state index >= 15 is 0 Å². The maximum atomic E-state index is 13.6. The number of hydrogen-bond donors (Lipinski definition) is 1. The maximum absolute atomic E-state index is 13.6. The molecule has 0 heterocycles. The third-order valence-corrected chi connectivity index (χ3v) is 3.55. The number of phenolic OH excluding ortho intramolecular Hbond substituents is 1. The van der Waals surface area contributed by atoms with Crippen molar-refractivity contribution in [1.82, 2.24) is 0 Å². The van der Waals surface area contributed by atoms with Gasteiger partial charge in [0.05, 0.1) is 0 Å². The Hall–Kier alpha value is -1.75. The number of carbonyl (C=O) groups is 1. The van der Waals surface area contributed by atoms with Crippen molar-refractivity contribution in [3.63, 3.8) is 0 Å². The van der Waals surface area contributed by atoms with Crippen LogP contribution in [-0.4, -0.2) is 10.9 Å². The van der Waals surface area contributed by atoms with Crippen LogP contribution in [0.2, 0.25) is 0 Å². The Labute approximate surface area is 116 Å². The molecule has 0 fully saturated rings. The SMILES string of the molecule is O=C(c1ccc(O)cc1)C(Br)c1cccc(F)c1F. The Morgan fingerprint density at radius 3 is 2.37 bits per heavy atom. The van der Waals surface area contributed by atoms with Crippen LogP contribution in [0.1, 0.15) is 20.7 Å². The lowest BCUT2D eigenvalue weighted by Gasteiger charge is -2.10. The molecule has 0 saturated heterocycles. The molecule has 2 nitrogen and oxygen atoms in total. The standard InChI is InChI=1S/C14H9BrF2O2/c15-12(10-2-1-3-11(16)13(10)17)14(19)8-4-6-9(18)7-5-8/h1-7,12,18H. The molecular formula is C14H9BrF2O2. The molecular weight excluding hydrogens is 318 g/mol. The molecule has 1 unspecified atom stereocenters. The number of Topliss-reactive ketones (excluding diaryl/α,β-unsaturated/α-hetero) is 1. The molecule has 0 bridgehead atoms. The van der Waals surface area contributed by atoms with E-state index in [9.17, 15) is 13.6 Å². The van der Waals surface area contributed by atoms with E-state index in [1.165, 1.54) is 36.4 Å². The minimum atomic E-state index is -1.04. The van der Waals surface area contributed by atoms with E-state index in [1.54, 1.807) is 0 Å². The maximum Gasteiger partial charge on any atom is 0.181 e. The van der Waals surface area contributed by atoms with Crippen LogP contribution in [-0.2, 0) is 0 Å². The molecule has 0 aliphatic carbocycles. The van der Waals surface area contributed by atoms with Crippen LogP contribution in [0.25, 0.3) is 0 Å². The summed E-state index contributed by atoms with van der Waals surface area (Å²) in [6, 6.07) is 9.22. The highest BCUT2D eigenvalue weighted by Gasteiger charge is 2.23. The molecule has 19 heavy (non-hydrogen) atoms. The normalized spacial score (nSPS) is 12.2. The highest BCUT2D eigenvalue weighted by Crippen LogP contribution is 2.30. The summed E-state index contributed by atoms with van der Waals surface area (Å²) in [6.45, 7) is 0. The second kappa shape index (κ2) is 5.48. The minimum Gasteiger partial charge on any atom is -0.508 e. The number of phenols is 1. The molecule has 2 aromatic carbocycles. The summed E-state index contributed by atoms with van der Waals surface area (Å²) in [5, 5.41) is 9.14. The smallest absolute Gasteiger partial charge is 0.181 e. The van der Waals surface area contributed by atoms with Crippen molar-refractivity contribution in [3.05, 3.63) is 65.2 Å². The molecule has 1 atom stereocenters. The summed E-state index contributed by atoms with van der Waals surface area (Å²) in [5.74, 6) is -2.43. The fourth-order valence-electron chi connectivity index (χ4n) is 1.63. The van der Waals surface area contributed by atoms with Crippen molar-refractivity contribution < 1.29 is 18.7 Å². The molecule has 98 valence electrons. The van der Waals surface area contributed by atoms with Gasteiger partial charge in [0.1, 0.15) is 10.6 Å². The molecule has 0 aliphatic rings. The lowest BCUT2D eigenvalue weighted by atomic mass is 10.0. The minimum absolute atomic E-state index is 0.0274. The number of benzene rings is 2. The van der Waals surface area contributed by atoms with Gasteiger partial charge < -0.3 is 5.11 Å². The van der Waals surface area contributed by atoms with Crippen molar-refractivity contribution in [2.75, 3.05) is 0 Å². The van der Waals surface area contributed by atoms with E-state index in [0.717, 1.165) is 6.07 Å². The molecule has 2 aromatic rings.